The SMILES string of the molecule is CCOc1cccc2cc(-c3csc(NC(=O)C(c4ccccc4)c4ccccc4)n3)oc12. The third-order valence-electron chi connectivity index (χ3n) is 5.32. The summed E-state index contributed by atoms with van der Waals surface area (Å²) < 4.78 is 11.7. The van der Waals surface area contributed by atoms with Gasteiger partial charge in [-0.15, -0.1) is 11.3 Å². The van der Waals surface area contributed by atoms with E-state index in [1.807, 2.05) is 97.2 Å². The van der Waals surface area contributed by atoms with E-state index in [0.717, 1.165) is 16.5 Å². The third-order valence-corrected chi connectivity index (χ3v) is 6.08. The van der Waals surface area contributed by atoms with Crippen molar-refractivity contribution in [1.82, 2.24) is 4.98 Å². The molecule has 5 aromatic rings. The van der Waals surface area contributed by atoms with Gasteiger partial charge in [0.25, 0.3) is 0 Å². The molecule has 5 rings (SSSR count). The van der Waals surface area contributed by atoms with Crippen LogP contribution >= 0.6 is 11.3 Å². The molecule has 164 valence electrons. The van der Waals surface area contributed by atoms with E-state index >= 15 is 0 Å². The van der Waals surface area contributed by atoms with Gasteiger partial charge in [-0.05, 0) is 30.2 Å². The second-order valence-corrected chi connectivity index (χ2v) is 8.36. The van der Waals surface area contributed by atoms with Gasteiger partial charge >= 0.3 is 0 Å². The van der Waals surface area contributed by atoms with Crippen LogP contribution < -0.4 is 10.1 Å². The minimum atomic E-state index is -0.431. The maximum absolute atomic E-state index is 13.3. The molecule has 0 fully saturated rings. The fourth-order valence-corrected chi connectivity index (χ4v) is 4.54. The minimum Gasteiger partial charge on any atom is -0.490 e. The first-order chi connectivity index (χ1) is 16.2. The Bertz CT molecular complexity index is 1340. The molecule has 0 aliphatic heterocycles. The summed E-state index contributed by atoms with van der Waals surface area (Å²) in [6.45, 7) is 2.50. The number of carbonyl (C=O) groups is 1. The molecule has 0 bridgehead atoms. The number of amides is 1. The molecular weight excluding hydrogens is 432 g/mol. The highest BCUT2D eigenvalue weighted by Gasteiger charge is 2.24. The lowest BCUT2D eigenvalue weighted by Gasteiger charge is -2.17. The number of hydrogen-bond acceptors (Lipinski definition) is 5. The number of furan rings is 1. The summed E-state index contributed by atoms with van der Waals surface area (Å²) in [5.74, 6) is 0.784. The van der Waals surface area contributed by atoms with Gasteiger partial charge in [-0.2, -0.15) is 0 Å². The normalized spacial score (nSPS) is 11.1. The second-order valence-electron chi connectivity index (χ2n) is 7.50. The highest BCUT2D eigenvalue weighted by molar-refractivity contribution is 7.14. The maximum atomic E-state index is 13.3. The van der Waals surface area contributed by atoms with Crippen LogP contribution in [-0.2, 0) is 4.79 Å². The zero-order valence-electron chi connectivity index (χ0n) is 18.0. The van der Waals surface area contributed by atoms with E-state index < -0.39 is 5.92 Å². The van der Waals surface area contributed by atoms with Crippen molar-refractivity contribution in [2.45, 2.75) is 12.8 Å². The first kappa shape index (κ1) is 21.0. The van der Waals surface area contributed by atoms with Crippen molar-refractivity contribution in [3.8, 4) is 17.2 Å². The summed E-state index contributed by atoms with van der Waals surface area (Å²) in [6.07, 6.45) is 0. The minimum absolute atomic E-state index is 0.128. The van der Waals surface area contributed by atoms with Gasteiger partial charge < -0.3 is 14.5 Å². The lowest BCUT2D eigenvalue weighted by atomic mass is 9.90. The average molecular weight is 455 g/mol. The quantitative estimate of drug-likeness (QED) is 0.296. The van der Waals surface area contributed by atoms with Crippen LogP contribution in [0.4, 0.5) is 5.13 Å². The van der Waals surface area contributed by atoms with Crippen molar-refractivity contribution in [2.75, 3.05) is 11.9 Å². The zero-order valence-corrected chi connectivity index (χ0v) is 18.8. The van der Waals surface area contributed by atoms with E-state index in [9.17, 15) is 4.79 Å². The average Bonchev–Trinajstić information content (AvgIpc) is 3.48. The molecule has 0 saturated heterocycles. The Hall–Kier alpha value is -3.90. The number of rotatable bonds is 7. The Kier molecular flexibility index (Phi) is 5.91. The molecule has 2 aromatic heterocycles. The second kappa shape index (κ2) is 9.30. The fraction of sp³-hybridized carbons (Fsp3) is 0.111. The molecule has 0 unspecified atom stereocenters. The van der Waals surface area contributed by atoms with Crippen LogP contribution in [0, 0.1) is 0 Å². The number of ether oxygens (including phenoxy) is 1. The molecule has 33 heavy (non-hydrogen) atoms. The number of aromatic nitrogens is 1. The molecule has 0 saturated carbocycles. The standard InChI is InChI=1S/C27H22N2O3S/c1-2-31-22-15-9-14-20-16-23(32-25(20)22)21-17-33-27(28-21)29-26(30)24(18-10-5-3-6-11-18)19-12-7-4-8-13-19/h3-17,24H,2H2,1H3,(H,28,29,30). The molecule has 0 aliphatic carbocycles. The summed E-state index contributed by atoms with van der Waals surface area (Å²) in [5.41, 5.74) is 3.23. The predicted molar refractivity (Wildman–Crippen MR) is 132 cm³/mol. The summed E-state index contributed by atoms with van der Waals surface area (Å²) in [6, 6.07) is 27.3. The number of benzene rings is 3. The van der Waals surface area contributed by atoms with E-state index in [0.29, 0.717) is 34.5 Å². The van der Waals surface area contributed by atoms with Crippen LogP contribution in [0.15, 0.2) is 94.7 Å². The van der Waals surface area contributed by atoms with E-state index in [1.165, 1.54) is 11.3 Å². The lowest BCUT2D eigenvalue weighted by molar-refractivity contribution is -0.116. The lowest BCUT2D eigenvalue weighted by Crippen LogP contribution is -2.22. The van der Waals surface area contributed by atoms with Crippen LogP contribution in [0.1, 0.15) is 24.0 Å². The summed E-state index contributed by atoms with van der Waals surface area (Å²) >= 11 is 1.37. The number of nitrogens with one attached hydrogen (secondary N) is 1. The number of carbonyl (C=O) groups excluding carboxylic acids is 1. The van der Waals surface area contributed by atoms with Crippen molar-refractivity contribution in [2.24, 2.45) is 0 Å². The number of anilines is 1. The van der Waals surface area contributed by atoms with Crippen molar-refractivity contribution < 1.29 is 13.9 Å². The van der Waals surface area contributed by atoms with Crippen LogP contribution in [0.3, 0.4) is 0 Å². The highest BCUT2D eigenvalue weighted by atomic mass is 32.1. The first-order valence-corrected chi connectivity index (χ1v) is 11.6. The van der Waals surface area contributed by atoms with Gasteiger partial charge in [-0.1, -0.05) is 72.8 Å². The smallest absolute Gasteiger partial charge is 0.238 e. The molecule has 1 N–H and O–H groups in total. The number of thiazole rings is 1. The Morgan fingerprint density at radius 2 is 1.70 bits per heavy atom. The van der Waals surface area contributed by atoms with Gasteiger partial charge in [0.15, 0.2) is 22.2 Å². The van der Waals surface area contributed by atoms with Gasteiger partial charge in [0.2, 0.25) is 5.91 Å². The number of para-hydroxylation sites is 1. The van der Waals surface area contributed by atoms with E-state index in [1.54, 1.807) is 0 Å². The van der Waals surface area contributed by atoms with E-state index in [2.05, 4.69) is 10.3 Å². The molecule has 0 radical (unpaired) electrons. The highest BCUT2D eigenvalue weighted by Crippen LogP contribution is 2.35. The van der Waals surface area contributed by atoms with Crippen molar-refractivity contribution in [3.63, 3.8) is 0 Å². The van der Waals surface area contributed by atoms with Gasteiger partial charge in [0, 0.05) is 10.8 Å². The number of hydrogen-bond donors (Lipinski definition) is 1. The molecule has 0 atom stereocenters. The van der Waals surface area contributed by atoms with Gasteiger partial charge in [-0.3, -0.25) is 4.79 Å². The van der Waals surface area contributed by atoms with E-state index in [4.69, 9.17) is 9.15 Å². The molecule has 1 amide bonds. The third kappa shape index (κ3) is 4.38. The molecule has 3 aromatic carbocycles. The number of fused-ring (bicyclic) bond motifs is 1. The van der Waals surface area contributed by atoms with Crippen LogP contribution in [0.25, 0.3) is 22.4 Å². The van der Waals surface area contributed by atoms with E-state index in [-0.39, 0.29) is 5.91 Å². The zero-order chi connectivity index (χ0) is 22.6. The fourth-order valence-electron chi connectivity index (χ4n) is 3.84. The predicted octanol–water partition coefficient (Wildman–Crippen LogP) is 6.73. The Morgan fingerprint density at radius 1 is 1.00 bits per heavy atom. The first-order valence-electron chi connectivity index (χ1n) is 10.7. The molecular formula is C27H22N2O3S. The Morgan fingerprint density at radius 3 is 2.36 bits per heavy atom. The molecule has 6 heteroatoms. The number of nitrogens with zero attached hydrogens (tertiary/aromatic N) is 1. The topological polar surface area (TPSA) is 64.4 Å². The largest absolute Gasteiger partial charge is 0.490 e. The van der Waals surface area contributed by atoms with Crippen LogP contribution in [0.2, 0.25) is 0 Å². The van der Waals surface area contributed by atoms with Crippen molar-refractivity contribution in [1.29, 1.82) is 0 Å². The van der Waals surface area contributed by atoms with Gasteiger partial charge in [0.05, 0.1) is 12.5 Å². The van der Waals surface area contributed by atoms with Gasteiger partial charge in [0.1, 0.15) is 5.69 Å². The monoisotopic (exact) mass is 454 g/mol. The van der Waals surface area contributed by atoms with Crippen LogP contribution in [-0.4, -0.2) is 17.5 Å². The van der Waals surface area contributed by atoms with Crippen molar-refractivity contribution in [3.05, 3.63) is 101 Å². The summed E-state index contributed by atoms with van der Waals surface area (Å²) in [4.78, 5) is 17.9. The summed E-state index contributed by atoms with van der Waals surface area (Å²) in [7, 11) is 0. The maximum Gasteiger partial charge on any atom is 0.238 e. The van der Waals surface area contributed by atoms with Crippen molar-refractivity contribution >= 4 is 33.3 Å². The summed E-state index contributed by atoms with van der Waals surface area (Å²) in [5, 5.41) is 6.35. The molecule has 5 nitrogen and oxygen atoms in total. The Labute approximate surface area is 195 Å². The van der Waals surface area contributed by atoms with Gasteiger partial charge in [-0.25, -0.2) is 4.98 Å². The molecule has 0 spiro atoms. The van der Waals surface area contributed by atoms with Crippen LogP contribution in [0.5, 0.6) is 5.75 Å². The molecule has 2 heterocycles. The molecule has 0 aliphatic rings. The Balaban J connectivity index is 1.41.